The minimum Gasteiger partial charge on any atom is -0.393 e. The van der Waals surface area contributed by atoms with Gasteiger partial charge in [0, 0.05) is 0 Å². The number of hydrogen-bond acceptors (Lipinski definition) is 3. The average molecular weight is 435 g/mol. The molecule has 0 amide bonds. The fourth-order valence-corrected chi connectivity index (χ4v) is 4.48. The van der Waals surface area contributed by atoms with Crippen molar-refractivity contribution in [1.29, 1.82) is 0 Å². The molecule has 2 N–H and O–H groups in total. The predicted molar refractivity (Wildman–Crippen MR) is 125 cm³/mol. The molecule has 0 spiro atoms. The largest absolute Gasteiger partial charge is 0.393 e. The minimum atomic E-state index is -3.78. The Hall–Kier alpha value is -0.130. The highest BCUT2D eigenvalue weighted by atomic mass is 32.2. The second kappa shape index (κ2) is 21.1. The maximum Gasteiger partial charge on any atom is 0.264 e. The molecule has 0 fully saturated rings. The summed E-state index contributed by atoms with van der Waals surface area (Å²) in [5.41, 5.74) is 0. The van der Waals surface area contributed by atoms with Crippen molar-refractivity contribution in [2.75, 3.05) is 5.75 Å². The maximum absolute atomic E-state index is 10.6. The van der Waals surface area contributed by atoms with Crippen LogP contribution in [0.3, 0.4) is 0 Å². The first-order valence-electron chi connectivity index (χ1n) is 12.6. The van der Waals surface area contributed by atoms with Gasteiger partial charge in [0.15, 0.2) is 0 Å². The zero-order valence-corrected chi connectivity index (χ0v) is 20.1. The van der Waals surface area contributed by atoms with Gasteiger partial charge in [-0.05, 0) is 19.3 Å². The molecular weight excluding hydrogens is 384 g/mol. The quantitative estimate of drug-likeness (QED) is 0.129. The molecular formula is C24H50O4S. The average Bonchev–Trinajstić information content (AvgIpc) is 2.66. The van der Waals surface area contributed by atoms with Gasteiger partial charge in [0.25, 0.3) is 10.1 Å². The summed E-state index contributed by atoms with van der Waals surface area (Å²) in [6.07, 6.45) is 24.9. The first-order chi connectivity index (χ1) is 14.0. The standard InChI is InChI=1S/C24H50O4S/c1-2-3-4-5-6-7-8-9-12-15-18-21-24(25)22-19-16-13-10-11-14-17-20-23-29(26,27)28/h24-25H,2-23H2,1H3,(H,26,27,28). The molecule has 5 heteroatoms. The molecule has 0 aromatic heterocycles. The van der Waals surface area contributed by atoms with E-state index in [4.69, 9.17) is 4.55 Å². The predicted octanol–water partition coefficient (Wildman–Crippen LogP) is 7.45. The normalized spacial score (nSPS) is 13.1. The van der Waals surface area contributed by atoms with Crippen molar-refractivity contribution >= 4 is 10.1 Å². The number of aliphatic hydroxyl groups excluding tert-OH is 1. The second-order valence-corrected chi connectivity index (χ2v) is 10.5. The fraction of sp³-hybridized carbons (Fsp3) is 1.00. The molecule has 1 atom stereocenters. The lowest BCUT2D eigenvalue weighted by Crippen LogP contribution is -2.05. The second-order valence-electron chi connectivity index (χ2n) is 8.88. The molecule has 0 aromatic rings. The van der Waals surface area contributed by atoms with Crippen molar-refractivity contribution in [2.24, 2.45) is 0 Å². The summed E-state index contributed by atoms with van der Waals surface area (Å²) in [5.74, 6) is -0.107. The zero-order chi connectivity index (χ0) is 21.6. The Morgan fingerprint density at radius 3 is 1.21 bits per heavy atom. The summed E-state index contributed by atoms with van der Waals surface area (Å²) < 4.78 is 29.9. The Bertz CT molecular complexity index is 423. The first-order valence-corrected chi connectivity index (χ1v) is 14.2. The van der Waals surface area contributed by atoms with Crippen molar-refractivity contribution in [2.45, 2.75) is 148 Å². The smallest absolute Gasteiger partial charge is 0.264 e. The van der Waals surface area contributed by atoms with Crippen molar-refractivity contribution < 1.29 is 18.1 Å². The van der Waals surface area contributed by atoms with Crippen LogP contribution in [0, 0.1) is 0 Å². The van der Waals surface area contributed by atoms with Crippen molar-refractivity contribution in [3.8, 4) is 0 Å². The van der Waals surface area contributed by atoms with Crippen LogP contribution in [0.25, 0.3) is 0 Å². The van der Waals surface area contributed by atoms with E-state index in [0.29, 0.717) is 6.42 Å². The van der Waals surface area contributed by atoms with E-state index in [1.54, 1.807) is 0 Å². The molecule has 0 aromatic carbocycles. The van der Waals surface area contributed by atoms with E-state index < -0.39 is 10.1 Å². The van der Waals surface area contributed by atoms with Crippen LogP contribution in [0.15, 0.2) is 0 Å². The SMILES string of the molecule is CCCCCCCCCCCCCC(O)CCCCCCCCCCS(=O)(=O)O. The summed E-state index contributed by atoms with van der Waals surface area (Å²) in [6, 6.07) is 0. The molecule has 4 nitrogen and oxygen atoms in total. The molecule has 0 radical (unpaired) electrons. The minimum absolute atomic E-state index is 0.107. The highest BCUT2D eigenvalue weighted by Crippen LogP contribution is 2.15. The topological polar surface area (TPSA) is 74.6 Å². The van der Waals surface area contributed by atoms with Gasteiger partial charge in [-0.25, -0.2) is 0 Å². The Morgan fingerprint density at radius 1 is 0.552 bits per heavy atom. The molecule has 0 rings (SSSR count). The number of aliphatic hydroxyl groups is 1. The van der Waals surface area contributed by atoms with E-state index >= 15 is 0 Å². The molecule has 0 saturated heterocycles. The van der Waals surface area contributed by atoms with E-state index in [0.717, 1.165) is 38.5 Å². The third-order valence-electron chi connectivity index (χ3n) is 5.83. The summed E-state index contributed by atoms with van der Waals surface area (Å²) in [6.45, 7) is 2.27. The molecule has 0 aliphatic heterocycles. The monoisotopic (exact) mass is 434 g/mol. The first kappa shape index (κ1) is 28.9. The molecule has 29 heavy (non-hydrogen) atoms. The Morgan fingerprint density at radius 2 is 0.862 bits per heavy atom. The highest BCUT2D eigenvalue weighted by molar-refractivity contribution is 7.85. The molecule has 0 aliphatic carbocycles. The zero-order valence-electron chi connectivity index (χ0n) is 19.3. The van der Waals surface area contributed by atoms with Crippen LogP contribution in [0.4, 0.5) is 0 Å². The van der Waals surface area contributed by atoms with Crippen LogP contribution in [0.1, 0.15) is 142 Å². The lowest BCUT2D eigenvalue weighted by molar-refractivity contribution is 0.147. The van der Waals surface area contributed by atoms with E-state index in [-0.39, 0.29) is 11.9 Å². The molecule has 0 saturated carbocycles. The van der Waals surface area contributed by atoms with Crippen LogP contribution in [0.5, 0.6) is 0 Å². The van der Waals surface area contributed by atoms with E-state index in [9.17, 15) is 13.5 Å². The molecule has 0 aliphatic rings. The van der Waals surface area contributed by atoms with Gasteiger partial charge >= 0.3 is 0 Å². The number of hydrogen-bond donors (Lipinski definition) is 2. The molecule has 0 heterocycles. The van der Waals surface area contributed by atoms with Gasteiger partial charge in [0.05, 0.1) is 11.9 Å². The Kier molecular flexibility index (Phi) is 21.0. The lowest BCUT2D eigenvalue weighted by atomic mass is 10.0. The van der Waals surface area contributed by atoms with Gasteiger partial charge in [0.2, 0.25) is 0 Å². The molecule has 0 bridgehead atoms. The van der Waals surface area contributed by atoms with Crippen molar-refractivity contribution in [3.05, 3.63) is 0 Å². The molecule has 1 unspecified atom stereocenters. The summed E-state index contributed by atoms with van der Waals surface area (Å²) in [4.78, 5) is 0. The van der Waals surface area contributed by atoms with Crippen molar-refractivity contribution in [3.63, 3.8) is 0 Å². The highest BCUT2D eigenvalue weighted by Gasteiger charge is 2.04. The van der Waals surface area contributed by atoms with Gasteiger partial charge < -0.3 is 5.11 Å². The van der Waals surface area contributed by atoms with Crippen LogP contribution in [-0.2, 0) is 10.1 Å². The van der Waals surface area contributed by atoms with Gasteiger partial charge in [-0.2, -0.15) is 8.42 Å². The molecule has 176 valence electrons. The summed E-state index contributed by atoms with van der Waals surface area (Å²) >= 11 is 0. The van der Waals surface area contributed by atoms with Gasteiger partial charge in [0.1, 0.15) is 0 Å². The fourth-order valence-electron chi connectivity index (χ4n) is 3.91. The van der Waals surface area contributed by atoms with Gasteiger partial charge in [-0.1, -0.05) is 122 Å². The van der Waals surface area contributed by atoms with Crippen LogP contribution in [-0.4, -0.2) is 29.9 Å². The Balaban J connectivity index is 3.20. The summed E-state index contributed by atoms with van der Waals surface area (Å²) in [7, 11) is -3.78. The van der Waals surface area contributed by atoms with E-state index in [1.165, 1.54) is 89.9 Å². The summed E-state index contributed by atoms with van der Waals surface area (Å²) in [5, 5.41) is 10.1. The van der Waals surface area contributed by atoms with Crippen LogP contribution < -0.4 is 0 Å². The van der Waals surface area contributed by atoms with Crippen LogP contribution in [0.2, 0.25) is 0 Å². The number of unbranched alkanes of at least 4 members (excludes halogenated alkanes) is 17. The van der Waals surface area contributed by atoms with Crippen molar-refractivity contribution in [1.82, 2.24) is 0 Å². The maximum atomic E-state index is 10.6. The van der Waals surface area contributed by atoms with E-state index in [1.807, 2.05) is 0 Å². The third-order valence-corrected chi connectivity index (χ3v) is 6.64. The van der Waals surface area contributed by atoms with Gasteiger partial charge in [-0.15, -0.1) is 0 Å². The Labute approximate surface area is 182 Å². The van der Waals surface area contributed by atoms with E-state index in [2.05, 4.69) is 6.92 Å². The van der Waals surface area contributed by atoms with Gasteiger partial charge in [-0.3, -0.25) is 4.55 Å². The van der Waals surface area contributed by atoms with Crippen LogP contribution >= 0.6 is 0 Å². The lowest BCUT2D eigenvalue weighted by Gasteiger charge is -2.10. The third kappa shape index (κ3) is 25.8. The number of rotatable bonds is 23.